The minimum Gasteiger partial charge on any atom is -0.496 e. The molecule has 1 heterocycles. The maximum absolute atomic E-state index is 5.45. The second-order valence-electron chi connectivity index (χ2n) is 4.78. The maximum Gasteiger partial charge on any atom is 0.121 e. The molecule has 0 spiro atoms. The number of anilines is 1. The zero-order valence-corrected chi connectivity index (χ0v) is 10.8. The Hall–Kier alpha value is -1.22. The van der Waals surface area contributed by atoms with E-state index in [1.807, 2.05) is 6.07 Å². The van der Waals surface area contributed by atoms with E-state index < -0.39 is 0 Å². The number of aryl methyl sites for hydroxylation is 1. The maximum atomic E-state index is 5.45. The van der Waals surface area contributed by atoms with Crippen molar-refractivity contribution >= 4 is 5.69 Å². The van der Waals surface area contributed by atoms with Crippen LogP contribution >= 0.6 is 0 Å². The third kappa shape index (κ3) is 2.91. The number of rotatable bonds is 3. The number of ether oxygens (including phenoxy) is 2. The zero-order chi connectivity index (χ0) is 12.3. The Morgan fingerprint density at radius 2 is 2.24 bits per heavy atom. The fourth-order valence-corrected chi connectivity index (χ4v) is 2.28. The average molecular weight is 235 g/mol. The van der Waals surface area contributed by atoms with Crippen LogP contribution in [-0.4, -0.2) is 26.4 Å². The Morgan fingerprint density at radius 3 is 2.88 bits per heavy atom. The Morgan fingerprint density at radius 1 is 1.41 bits per heavy atom. The van der Waals surface area contributed by atoms with Crippen LogP contribution in [0.15, 0.2) is 18.2 Å². The predicted molar refractivity (Wildman–Crippen MR) is 69.7 cm³/mol. The first-order valence-electron chi connectivity index (χ1n) is 6.19. The largest absolute Gasteiger partial charge is 0.496 e. The molecule has 3 heteroatoms. The number of hydrogen-bond acceptors (Lipinski definition) is 3. The van der Waals surface area contributed by atoms with Gasteiger partial charge in [0.25, 0.3) is 0 Å². The summed E-state index contributed by atoms with van der Waals surface area (Å²) in [6.45, 7) is 6.01. The SMILES string of the molecule is COc1ccc(NC2CCOCC2C)cc1C. The average Bonchev–Trinajstić information content (AvgIpc) is 2.32. The molecular formula is C14H21NO2. The van der Waals surface area contributed by atoms with Gasteiger partial charge in [-0.1, -0.05) is 6.92 Å². The second kappa shape index (κ2) is 5.41. The van der Waals surface area contributed by atoms with Gasteiger partial charge in [-0.25, -0.2) is 0 Å². The number of benzene rings is 1. The van der Waals surface area contributed by atoms with Gasteiger partial charge in [0.2, 0.25) is 0 Å². The molecule has 0 saturated carbocycles. The third-order valence-electron chi connectivity index (χ3n) is 3.39. The van der Waals surface area contributed by atoms with Gasteiger partial charge in [0, 0.05) is 18.3 Å². The van der Waals surface area contributed by atoms with Crippen LogP contribution in [0.4, 0.5) is 5.69 Å². The van der Waals surface area contributed by atoms with Crippen molar-refractivity contribution in [3.63, 3.8) is 0 Å². The summed E-state index contributed by atoms with van der Waals surface area (Å²) in [6.07, 6.45) is 1.08. The third-order valence-corrected chi connectivity index (χ3v) is 3.39. The molecule has 1 N–H and O–H groups in total. The summed E-state index contributed by atoms with van der Waals surface area (Å²) in [4.78, 5) is 0. The van der Waals surface area contributed by atoms with Crippen LogP contribution in [0.2, 0.25) is 0 Å². The van der Waals surface area contributed by atoms with E-state index in [-0.39, 0.29) is 0 Å². The van der Waals surface area contributed by atoms with Crippen molar-refractivity contribution in [3.8, 4) is 5.75 Å². The summed E-state index contributed by atoms with van der Waals surface area (Å²) < 4.78 is 10.7. The summed E-state index contributed by atoms with van der Waals surface area (Å²) in [5.74, 6) is 1.50. The first kappa shape index (κ1) is 12.2. The van der Waals surface area contributed by atoms with E-state index >= 15 is 0 Å². The van der Waals surface area contributed by atoms with Crippen LogP contribution in [0.1, 0.15) is 18.9 Å². The van der Waals surface area contributed by atoms with Gasteiger partial charge in [-0.2, -0.15) is 0 Å². The van der Waals surface area contributed by atoms with Gasteiger partial charge in [0.1, 0.15) is 5.75 Å². The first-order valence-corrected chi connectivity index (χ1v) is 6.19. The van der Waals surface area contributed by atoms with Gasteiger partial charge in [0.05, 0.1) is 13.7 Å². The highest BCUT2D eigenvalue weighted by molar-refractivity contribution is 5.51. The van der Waals surface area contributed by atoms with E-state index in [1.54, 1.807) is 7.11 Å². The number of methoxy groups -OCH3 is 1. The minimum absolute atomic E-state index is 0.511. The van der Waals surface area contributed by atoms with Gasteiger partial charge >= 0.3 is 0 Å². The quantitative estimate of drug-likeness (QED) is 0.874. The summed E-state index contributed by atoms with van der Waals surface area (Å²) >= 11 is 0. The minimum atomic E-state index is 0.511. The molecule has 2 unspecified atom stereocenters. The summed E-state index contributed by atoms with van der Waals surface area (Å²) in [5, 5.41) is 3.59. The van der Waals surface area contributed by atoms with E-state index in [1.165, 1.54) is 5.69 Å². The molecule has 3 nitrogen and oxygen atoms in total. The fourth-order valence-electron chi connectivity index (χ4n) is 2.28. The van der Waals surface area contributed by atoms with Crippen molar-refractivity contribution in [1.82, 2.24) is 0 Å². The Labute approximate surface area is 103 Å². The molecule has 1 aromatic carbocycles. The molecule has 0 aromatic heterocycles. The van der Waals surface area contributed by atoms with E-state index in [4.69, 9.17) is 9.47 Å². The molecule has 1 saturated heterocycles. The van der Waals surface area contributed by atoms with Gasteiger partial charge in [-0.15, -0.1) is 0 Å². The van der Waals surface area contributed by atoms with E-state index in [0.717, 1.165) is 30.9 Å². The van der Waals surface area contributed by atoms with Gasteiger partial charge in [-0.05, 0) is 43.0 Å². The Bertz CT molecular complexity index is 378. The molecule has 1 aliphatic rings. The van der Waals surface area contributed by atoms with Crippen LogP contribution in [0.3, 0.4) is 0 Å². The highest BCUT2D eigenvalue weighted by atomic mass is 16.5. The van der Waals surface area contributed by atoms with E-state index in [2.05, 4.69) is 31.3 Å². The van der Waals surface area contributed by atoms with Crippen molar-refractivity contribution in [2.45, 2.75) is 26.3 Å². The lowest BCUT2D eigenvalue weighted by molar-refractivity contribution is 0.0538. The molecule has 94 valence electrons. The molecule has 1 fully saturated rings. The van der Waals surface area contributed by atoms with Crippen LogP contribution in [0, 0.1) is 12.8 Å². The summed E-state index contributed by atoms with van der Waals surface area (Å²) in [6, 6.07) is 6.74. The highest BCUT2D eigenvalue weighted by Crippen LogP contribution is 2.24. The van der Waals surface area contributed by atoms with Crippen molar-refractivity contribution in [1.29, 1.82) is 0 Å². The molecule has 0 aliphatic carbocycles. The van der Waals surface area contributed by atoms with Crippen molar-refractivity contribution in [2.24, 2.45) is 5.92 Å². The van der Waals surface area contributed by atoms with Crippen molar-refractivity contribution < 1.29 is 9.47 Å². The predicted octanol–water partition coefficient (Wildman–Crippen LogP) is 2.84. The normalized spacial score (nSPS) is 24.4. The van der Waals surface area contributed by atoms with Gasteiger partial charge < -0.3 is 14.8 Å². The molecule has 17 heavy (non-hydrogen) atoms. The highest BCUT2D eigenvalue weighted by Gasteiger charge is 2.21. The molecule has 2 rings (SSSR count). The molecule has 1 aliphatic heterocycles. The van der Waals surface area contributed by atoms with Crippen LogP contribution < -0.4 is 10.1 Å². The Kier molecular flexibility index (Phi) is 3.89. The van der Waals surface area contributed by atoms with Gasteiger partial charge in [-0.3, -0.25) is 0 Å². The lowest BCUT2D eigenvalue weighted by Gasteiger charge is -2.30. The Balaban J connectivity index is 2.05. The fraction of sp³-hybridized carbons (Fsp3) is 0.571. The molecule has 1 aromatic rings. The number of nitrogens with one attached hydrogen (secondary N) is 1. The van der Waals surface area contributed by atoms with Crippen LogP contribution in [-0.2, 0) is 4.74 Å². The number of hydrogen-bond donors (Lipinski definition) is 1. The van der Waals surface area contributed by atoms with E-state index in [0.29, 0.717) is 12.0 Å². The van der Waals surface area contributed by atoms with Gasteiger partial charge in [0.15, 0.2) is 0 Å². The van der Waals surface area contributed by atoms with Crippen molar-refractivity contribution in [2.75, 3.05) is 25.6 Å². The van der Waals surface area contributed by atoms with E-state index in [9.17, 15) is 0 Å². The van der Waals surface area contributed by atoms with Crippen LogP contribution in [0.5, 0.6) is 5.75 Å². The monoisotopic (exact) mass is 235 g/mol. The lowest BCUT2D eigenvalue weighted by Crippen LogP contribution is -2.35. The molecular weight excluding hydrogens is 214 g/mol. The molecule has 0 amide bonds. The molecule has 0 radical (unpaired) electrons. The topological polar surface area (TPSA) is 30.5 Å². The summed E-state index contributed by atoms with van der Waals surface area (Å²) in [7, 11) is 1.70. The standard InChI is InChI=1S/C14H21NO2/c1-10-8-12(4-5-14(10)16-3)15-13-6-7-17-9-11(13)2/h4-5,8,11,13,15H,6-7,9H2,1-3H3. The smallest absolute Gasteiger partial charge is 0.121 e. The zero-order valence-electron chi connectivity index (χ0n) is 10.8. The van der Waals surface area contributed by atoms with Crippen LogP contribution in [0.25, 0.3) is 0 Å². The first-order chi connectivity index (χ1) is 8.20. The van der Waals surface area contributed by atoms with Crippen molar-refractivity contribution in [3.05, 3.63) is 23.8 Å². The molecule has 0 bridgehead atoms. The molecule has 2 atom stereocenters. The second-order valence-corrected chi connectivity index (χ2v) is 4.78. The lowest BCUT2D eigenvalue weighted by atomic mass is 9.97. The summed E-state index contributed by atoms with van der Waals surface area (Å²) in [5.41, 5.74) is 2.33.